The number of hydrogen-bond acceptors (Lipinski definition) is 4. The molecule has 0 aliphatic heterocycles. The van der Waals surface area contributed by atoms with Gasteiger partial charge in [-0.1, -0.05) is 60.7 Å². The molecule has 0 N–H and O–H groups in total. The Kier molecular flexibility index (Phi) is 6.61. The summed E-state index contributed by atoms with van der Waals surface area (Å²) in [6, 6.07) is 17.3. The zero-order valence-corrected chi connectivity index (χ0v) is 16.5. The van der Waals surface area contributed by atoms with Crippen molar-refractivity contribution in [2.24, 2.45) is 0 Å². The lowest BCUT2D eigenvalue weighted by Crippen LogP contribution is -2.44. The highest BCUT2D eigenvalue weighted by Crippen LogP contribution is 2.33. The highest BCUT2D eigenvalue weighted by atomic mass is 16.6. The number of ether oxygens (including phenoxy) is 2. The maximum atomic E-state index is 13.1. The first-order chi connectivity index (χ1) is 12.7. The van der Waals surface area contributed by atoms with Gasteiger partial charge in [-0.25, -0.2) is 9.59 Å². The molecule has 144 valence electrons. The van der Waals surface area contributed by atoms with E-state index in [2.05, 4.69) is 0 Å². The number of benzene rings is 2. The fraction of sp³-hybridized carbons (Fsp3) is 0.364. The summed E-state index contributed by atoms with van der Waals surface area (Å²) in [5, 5.41) is 0. The summed E-state index contributed by atoms with van der Waals surface area (Å²) in [6.07, 6.45) is -0.571. The van der Waals surface area contributed by atoms with Gasteiger partial charge in [0, 0.05) is 0 Å². The molecule has 2 aromatic rings. The minimum absolute atomic E-state index is 0.398. The van der Waals surface area contributed by atoms with Crippen LogP contribution in [0.25, 0.3) is 0 Å². The predicted molar refractivity (Wildman–Crippen MR) is 104 cm³/mol. The molecule has 2 rings (SSSR count). The monoisotopic (exact) mass is 369 g/mol. The Morgan fingerprint density at radius 1 is 0.889 bits per heavy atom. The van der Waals surface area contributed by atoms with Gasteiger partial charge < -0.3 is 9.47 Å². The van der Waals surface area contributed by atoms with Crippen molar-refractivity contribution in [2.45, 2.75) is 45.4 Å². The minimum Gasteiger partial charge on any atom is -0.467 e. The van der Waals surface area contributed by atoms with E-state index in [1.54, 1.807) is 32.9 Å². The molecule has 0 aromatic heterocycles. The number of nitrogens with zero attached hydrogens (tertiary/aromatic N) is 1. The number of amides is 1. The van der Waals surface area contributed by atoms with Gasteiger partial charge in [0.25, 0.3) is 0 Å². The fourth-order valence-corrected chi connectivity index (χ4v) is 2.85. The number of carbonyl (C=O) groups is 2. The van der Waals surface area contributed by atoms with E-state index in [0.717, 1.165) is 5.56 Å². The van der Waals surface area contributed by atoms with Crippen LogP contribution in [0.5, 0.6) is 0 Å². The second-order valence-corrected chi connectivity index (χ2v) is 7.31. The number of rotatable bonds is 5. The van der Waals surface area contributed by atoms with E-state index >= 15 is 0 Å². The molecule has 5 heteroatoms. The van der Waals surface area contributed by atoms with E-state index in [1.807, 2.05) is 55.5 Å². The minimum atomic E-state index is -0.916. The maximum Gasteiger partial charge on any atom is 0.411 e. The van der Waals surface area contributed by atoms with E-state index in [0.29, 0.717) is 5.56 Å². The van der Waals surface area contributed by atoms with Crippen molar-refractivity contribution in [3.8, 4) is 0 Å². The third-order valence-electron chi connectivity index (χ3n) is 4.12. The van der Waals surface area contributed by atoms with Crippen molar-refractivity contribution < 1.29 is 19.1 Å². The molecule has 0 radical (unpaired) electrons. The highest BCUT2D eigenvalue weighted by molar-refractivity contribution is 5.83. The van der Waals surface area contributed by atoms with E-state index in [4.69, 9.17) is 9.47 Å². The lowest BCUT2D eigenvalue weighted by molar-refractivity contribution is -0.148. The van der Waals surface area contributed by atoms with Gasteiger partial charge in [0.05, 0.1) is 13.2 Å². The molecular formula is C22H27NO4. The Morgan fingerprint density at radius 3 is 1.81 bits per heavy atom. The SMILES string of the molecule is COC(=O)[C@H](c1ccccc1)N(C(=O)OC(C)(C)C)[C@@H](C)c1ccccc1. The summed E-state index contributed by atoms with van der Waals surface area (Å²) in [6.45, 7) is 7.27. The summed E-state index contributed by atoms with van der Waals surface area (Å²) < 4.78 is 10.6. The van der Waals surface area contributed by atoms with Crippen molar-refractivity contribution in [1.82, 2.24) is 4.90 Å². The Morgan fingerprint density at radius 2 is 1.37 bits per heavy atom. The van der Waals surface area contributed by atoms with Crippen LogP contribution in [0, 0.1) is 0 Å². The third kappa shape index (κ3) is 5.33. The Hall–Kier alpha value is -2.82. The summed E-state index contributed by atoms with van der Waals surface area (Å²) in [4.78, 5) is 27.2. The van der Waals surface area contributed by atoms with Gasteiger partial charge >= 0.3 is 12.1 Å². The molecule has 2 atom stereocenters. The smallest absolute Gasteiger partial charge is 0.411 e. The Bertz CT molecular complexity index is 753. The van der Waals surface area contributed by atoms with Crippen LogP contribution < -0.4 is 0 Å². The van der Waals surface area contributed by atoms with Gasteiger partial charge in [0.15, 0.2) is 6.04 Å². The zero-order chi connectivity index (χ0) is 20.0. The van der Waals surface area contributed by atoms with Gasteiger partial charge in [-0.15, -0.1) is 0 Å². The van der Waals surface area contributed by atoms with Gasteiger partial charge in [0.2, 0.25) is 0 Å². The average Bonchev–Trinajstić information content (AvgIpc) is 2.64. The van der Waals surface area contributed by atoms with Crippen molar-refractivity contribution >= 4 is 12.1 Å². The van der Waals surface area contributed by atoms with E-state index < -0.39 is 29.7 Å². The number of methoxy groups -OCH3 is 1. The molecule has 0 saturated heterocycles. The lowest BCUT2D eigenvalue weighted by atomic mass is 10.0. The van der Waals surface area contributed by atoms with Crippen LogP contribution >= 0.6 is 0 Å². The third-order valence-corrected chi connectivity index (χ3v) is 4.12. The average molecular weight is 369 g/mol. The molecule has 0 aliphatic rings. The van der Waals surface area contributed by atoms with Crippen LogP contribution in [0.2, 0.25) is 0 Å². The largest absolute Gasteiger partial charge is 0.467 e. The van der Waals surface area contributed by atoms with Crippen molar-refractivity contribution in [3.63, 3.8) is 0 Å². The van der Waals surface area contributed by atoms with Gasteiger partial charge in [0.1, 0.15) is 5.60 Å². The normalized spacial score (nSPS) is 13.4. The maximum absolute atomic E-state index is 13.1. The molecule has 0 spiro atoms. The Balaban J connectivity index is 2.54. The molecule has 5 nitrogen and oxygen atoms in total. The van der Waals surface area contributed by atoms with Crippen LogP contribution in [0.1, 0.15) is 50.9 Å². The number of hydrogen-bond donors (Lipinski definition) is 0. The summed E-state index contributed by atoms with van der Waals surface area (Å²) in [7, 11) is 1.32. The molecule has 27 heavy (non-hydrogen) atoms. The summed E-state index contributed by atoms with van der Waals surface area (Å²) >= 11 is 0. The van der Waals surface area contributed by atoms with Crippen molar-refractivity contribution in [1.29, 1.82) is 0 Å². The molecule has 1 amide bonds. The fourth-order valence-electron chi connectivity index (χ4n) is 2.85. The Labute approximate surface area is 160 Å². The second kappa shape index (κ2) is 8.71. The quantitative estimate of drug-likeness (QED) is 0.704. The van der Waals surface area contributed by atoms with Crippen LogP contribution in [0.3, 0.4) is 0 Å². The van der Waals surface area contributed by atoms with Crippen LogP contribution in [0.15, 0.2) is 60.7 Å². The van der Waals surface area contributed by atoms with Gasteiger partial charge in [-0.3, -0.25) is 4.90 Å². The summed E-state index contributed by atoms with van der Waals surface area (Å²) in [5.41, 5.74) is 0.870. The number of carbonyl (C=O) groups excluding carboxylic acids is 2. The van der Waals surface area contributed by atoms with E-state index in [-0.39, 0.29) is 0 Å². The first-order valence-electron chi connectivity index (χ1n) is 8.93. The number of esters is 1. The van der Waals surface area contributed by atoms with Crippen LogP contribution in [0.4, 0.5) is 4.79 Å². The molecule has 0 heterocycles. The lowest BCUT2D eigenvalue weighted by Gasteiger charge is -2.36. The second-order valence-electron chi connectivity index (χ2n) is 7.31. The zero-order valence-electron chi connectivity index (χ0n) is 16.5. The molecule has 0 unspecified atom stereocenters. The van der Waals surface area contributed by atoms with Crippen molar-refractivity contribution in [3.05, 3.63) is 71.8 Å². The molecule has 0 fully saturated rings. The molecule has 0 aliphatic carbocycles. The van der Waals surface area contributed by atoms with Crippen LogP contribution in [-0.4, -0.2) is 29.7 Å². The van der Waals surface area contributed by atoms with E-state index in [1.165, 1.54) is 12.0 Å². The predicted octanol–water partition coefficient (Wildman–Crippen LogP) is 4.90. The topological polar surface area (TPSA) is 55.8 Å². The molecular weight excluding hydrogens is 342 g/mol. The standard InChI is InChI=1S/C22H27NO4/c1-16(17-12-8-6-9-13-17)23(21(25)27-22(2,3)4)19(20(24)26-5)18-14-10-7-11-15-18/h6-16,19H,1-5H3/t16-,19-/m0/s1. The van der Waals surface area contributed by atoms with Crippen LogP contribution in [-0.2, 0) is 14.3 Å². The molecule has 0 bridgehead atoms. The highest BCUT2D eigenvalue weighted by Gasteiger charge is 2.38. The summed E-state index contributed by atoms with van der Waals surface area (Å²) in [5.74, 6) is -0.519. The van der Waals surface area contributed by atoms with Crippen molar-refractivity contribution in [2.75, 3.05) is 7.11 Å². The first-order valence-corrected chi connectivity index (χ1v) is 8.93. The van der Waals surface area contributed by atoms with E-state index in [9.17, 15) is 9.59 Å². The van der Waals surface area contributed by atoms with Gasteiger partial charge in [-0.05, 0) is 38.8 Å². The molecule has 2 aromatic carbocycles. The molecule has 0 saturated carbocycles. The van der Waals surface area contributed by atoms with Gasteiger partial charge in [-0.2, -0.15) is 0 Å². The first kappa shape index (κ1) is 20.5.